The first-order chi connectivity index (χ1) is 15.6. The molecule has 6 heteroatoms. The summed E-state index contributed by atoms with van der Waals surface area (Å²) in [6, 6.07) is 17.4. The molecule has 6 nitrogen and oxygen atoms in total. The van der Waals surface area contributed by atoms with Crippen LogP contribution in [0.4, 0.5) is 10.5 Å². The number of aromatic nitrogens is 2. The van der Waals surface area contributed by atoms with Gasteiger partial charge in [0.15, 0.2) is 0 Å². The molecular weight excluding hydrogens is 398 g/mol. The van der Waals surface area contributed by atoms with E-state index < -0.39 is 0 Å². The van der Waals surface area contributed by atoms with Crippen LogP contribution in [0.25, 0.3) is 11.1 Å². The van der Waals surface area contributed by atoms with E-state index in [9.17, 15) is 4.79 Å². The zero-order valence-corrected chi connectivity index (χ0v) is 18.9. The van der Waals surface area contributed by atoms with Gasteiger partial charge in [0.2, 0.25) is 0 Å². The monoisotopic (exact) mass is 429 g/mol. The summed E-state index contributed by atoms with van der Waals surface area (Å²) in [5.74, 6) is 0. The number of carbonyl (C=O) groups is 1. The Balaban J connectivity index is 1.70. The molecule has 2 amide bonds. The maximum atomic E-state index is 13.1. The Morgan fingerprint density at radius 2 is 1.88 bits per heavy atom. The van der Waals surface area contributed by atoms with E-state index in [-0.39, 0.29) is 6.03 Å². The number of urea groups is 1. The quantitative estimate of drug-likeness (QED) is 0.424. The molecular formula is C26H31N5O. The van der Waals surface area contributed by atoms with Gasteiger partial charge in [-0.05, 0) is 41.8 Å². The summed E-state index contributed by atoms with van der Waals surface area (Å²) in [6.07, 6.45) is 9.48. The van der Waals surface area contributed by atoms with Crippen LogP contribution in [0, 0.1) is 11.3 Å². The third kappa shape index (κ3) is 6.45. The standard InChI is InChI=1S/C26H31N5O/c1-3-4-5-6-7-15-31(26(32)28-18-22-10-8-9-21(16-22)17-27)25-13-11-23(12-14-25)24-19-29-30(2)20-24/h8-14,16,19-20H,3-7,15,18H2,1-2H3,(H,28,32). The number of nitrogens with zero attached hydrogens (tertiary/aromatic N) is 4. The highest BCUT2D eigenvalue weighted by Crippen LogP contribution is 2.23. The van der Waals surface area contributed by atoms with Crippen molar-refractivity contribution < 1.29 is 4.79 Å². The minimum absolute atomic E-state index is 0.128. The molecule has 0 atom stereocenters. The van der Waals surface area contributed by atoms with Gasteiger partial charge in [-0.1, -0.05) is 56.9 Å². The van der Waals surface area contributed by atoms with Crippen LogP contribution in [-0.2, 0) is 13.6 Å². The van der Waals surface area contributed by atoms with Crippen molar-refractivity contribution in [2.75, 3.05) is 11.4 Å². The predicted octanol–water partition coefficient (Wildman–Crippen LogP) is 5.65. The third-order valence-corrected chi connectivity index (χ3v) is 5.45. The van der Waals surface area contributed by atoms with E-state index >= 15 is 0 Å². The van der Waals surface area contributed by atoms with Gasteiger partial charge < -0.3 is 5.32 Å². The number of anilines is 1. The summed E-state index contributed by atoms with van der Waals surface area (Å²) < 4.78 is 1.78. The third-order valence-electron chi connectivity index (χ3n) is 5.45. The topological polar surface area (TPSA) is 74.0 Å². The highest BCUT2D eigenvalue weighted by atomic mass is 16.2. The number of nitriles is 1. The maximum absolute atomic E-state index is 13.1. The number of carbonyl (C=O) groups excluding carboxylic acids is 1. The smallest absolute Gasteiger partial charge is 0.322 e. The number of hydrogen-bond acceptors (Lipinski definition) is 3. The van der Waals surface area contributed by atoms with Crippen molar-refractivity contribution >= 4 is 11.7 Å². The number of aryl methyl sites for hydroxylation is 1. The Morgan fingerprint density at radius 3 is 2.56 bits per heavy atom. The molecule has 0 aliphatic rings. The highest BCUT2D eigenvalue weighted by molar-refractivity contribution is 5.92. The first-order valence-corrected chi connectivity index (χ1v) is 11.2. The van der Waals surface area contributed by atoms with Gasteiger partial charge in [-0.25, -0.2) is 4.79 Å². The van der Waals surface area contributed by atoms with Crippen molar-refractivity contribution in [2.24, 2.45) is 7.05 Å². The molecule has 0 radical (unpaired) electrons. The summed E-state index contributed by atoms with van der Waals surface area (Å²) in [4.78, 5) is 14.9. The van der Waals surface area contributed by atoms with Crippen molar-refractivity contribution in [3.8, 4) is 17.2 Å². The average Bonchev–Trinajstić information content (AvgIpc) is 3.26. The van der Waals surface area contributed by atoms with Crippen LogP contribution in [0.3, 0.4) is 0 Å². The molecule has 3 aromatic rings. The lowest BCUT2D eigenvalue weighted by Crippen LogP contribution is -2.40. The fourth-order valence-electron chi connectivity index (χ4n) is 3.65. The van der Waals surface area contributed by atoms with Crippen molar-refractivity contribution in [1.29, 1.82) is 5.26 Å². The van der Waals surface area contributed by atoms with Crippen LogP contribution in [0.5, 0.6) is 0 Å². The fraction of sp³-hybridized carbons (Fsp3) is 0.346. The molecule has 1 N–H and O–H groups in total. The number of benzene rings is 2. The van der Waals surface area contributed by atoms with Crippen LogP contribution >= 0.6 is 0 Å². The van der Waals surface area contributed by atoms with E-state index in [4.69, 9.17) is 5.26 Å². The molecule has 0 saturated heterocycles. The molecule has 0 unspecified atom stereocenters. The van der Waals surface area contributed by atoms with Crippen molar-refractivity contribution in [2.45, 2.75) is 45.6 Å². The number of nitrogens with one attached hydrogen (secondary N) is 1. The maximum Gasteiger partial charge on any atom is 0.322 e. The number of amides is 2. The van der Waals surface area contributed by atoms with Crippen LogP contribution in [0.1, 0.15) is 50.2 Å². The molecule has 0 saturated carbocycles. The summed E-state index contributed by atoms with van der Waals surface area (Å²) in [6.45, 7) is 3.25. The number of hydrogen-bond donors (Lipinski definition) is 1. The highest BCUT2D eigenvalue weighted by Gasteiger charge is 2.16. The Labute approximate surface area is 190 Å². The Morgan fingerprint density at radius 1 is 1.09 bits per heavy atom. The van der Waals surface area contributed by atoms with Gasteiger partial charge in [-0.3, -0.25) is 9.58 Å². The van der Waals surface area contributed by atoms with Gasteiger partial charge in [-0.2, -0.15) is 10.4 Å². The summed E-state index contributed by atoms with van der Waals surface area (Å²) in [5, 5.41) is 16.3. The van der Waals surface area contributed by atoms with Gasteiger partial charge in [0.1, 0.15) is 0 Å². The van der Waals surface area contributed by atoms with Gasteiger partial charge in [0.05, 0.1) is 17.8 Å². The second-order valence-corrected chi connectivity index (χ2v) is 7.99. The van der Waals surface area contributed by atoms with E-state index in [1.54, 1.807) is 16.8 Å². The van der Waals surface area contributed by atoms with Crippen LogP contribution in [0.15, 0.2) is 60.9 Å². The Hall–Kier alpha value is -3.59. The minimum Gasteiger partial charge on any atom is -0.334 e. The summed E-state index contributed by atoms with van der Waals surface area (Å²) >= 11 is 0. The molecule has 2 aromatic carbocycles. The fourth-order valence-corrected chi connectivity index (χ4v) is 3.65. The normalized spacial score (nSPS) is 10.5. The lowest BCUT2D eigenvalue weighted by molar-refractivity contribution is 0.245. The zero-order valence-electron chi connectivity index (χ0n) is 18.9. The largest absolute Gasteiger partial charge is 0.334 e. The van der Waals surface area contributed by atoms with Gasteiger partial charge >= 0.3 is 6.03 Å². The van der Waals surface area contributed by atoms with Crippen LogP contribution in [-0.4, -0.2) is 22.4 Å². The number of unbranched alkanes of at least 4 members (excludes halogenated alkanes) is 4. The molecule has 166 valence electrons. The predicted molar refractivity (Wildman–Crippen MR) is 128 cm³/mol. The van der Waals surface area contributed by atoms with E-state index in [0.717, 1.165) is 35.2 Å². The molecule has 3 rings (SSSR count). The average molecular weight is 430 g/mol. The van der Waals surface area contributed by atoms with Gasteiger partial charge in [0.25, 0.3) is 0 Å². The van der Waals surface area contributed by atoms with Gasteiger partial charge in [-0.15, -0.1) is 0 Å². The molecule has 0 spiro atoms. The number of rotatable bonds is 10. The van der Waals surface area contributed by atoms with E-state index in [0.29, 0.717) is 18.7 Å². The summed E-state index contributed by atoms with van der Waals surface area (Å²) in [5.41, 5.74) is 4.49. The molecule has 0 aliphatic heterocycles. The second kappa shape index (κ2) is 11.7. The zero-order chi connectivity index (χ0) is 22.8. The molecule has 32 heavy (non-hydrogen) atoms. The Bertz CT molecular complexity index is 1050. The minimum atomic E-state index is -0.128. The van der Waals surface area contributed by atoms with E-state index in [1.807, 2.05) is 60.7 Å². The van der Waals surface area contributed by atoms with Crippen molar-refractivity contribution in [3.63, 3.8) is 0 Å². The second-order valence-electron chi connectivity index (χ2n) is 7.99. The molecule has 0 aliphatic carbocycles. The molecule has 0 fully saturated rings. The lowest BCUT2D eigenvalue weighted by Gasteiger charge is -2.24. The molecule has 1 heterocycles. The SMILES string of the molecule is CCCCCCCN(C(=O)NCc1cccc(C#N)c1)c1ccc(-c2cnn(C)c2)cc1. The van der Waals surface area contributed by atoms with Crippen molar-refractivity contribution in [1.82, 2.24) is 15.1 Å². The lowest BCUT2D eigenvalue weighted by atomic mass is 10.1. The van der Waals surface area contributed by atoms with E-state index in [1.165, 1.54) is 19.3 Å². The van der Waals surface area contributed by atoms with E-state index in [2.05, 4.69) is 23.4 Å². The molecule has 1 aromatic heterocycles. The van der Waals surface area contributed by atoms with Crippen molar-refractivity contribution in [3.05, 3.63) is 72.1 Å². The summed E-state index contributed by atoms with van der Waals surface area (Å²) in [7, 11) is 1.90. The van der Waals surface area contributed by atoms with Crippen LogP contribution < -0.4 is 10.2 Å². The Kier molecular flexibility index (Phi) is 8.44. The van der Waals surface area contributed by atoms with Gasteiger partial charge in [0, 0.05) is 37.6 Å². The van der Waals surface area contributed by atoms with Crippen LogP contribution in [0.2, 0.25) is 0 Å². The first kappa shape index (κ1) is 23.1. The first-order valence-electron chi connectivity index (χ1n) is 11.2. The molecule has 0 bridgehead atoms.